The maximum absolute atomic E-state index is 14.7. The van der Waals surface area contributed by atoms with Crippen LogP contribution in [0, 0.1) is 11.2 Å². The van der Waals surface area contributed by atoms with Gasteiger partial charge in [0, 0.05) is 76.5 Å². The Balaban J connectivity index is 1.87. The van der Waals surface area contributed by atoms with E-state index in [2.05, 4.69) is 25.3 Å². The van der Waals surface area contributed by atoms with Crippen LogP contribution in [0.1, 0.15) is 5.56 Å². The number of rotatable bonds is 5. The molecule has 0 spiro atoms. The first-order valence-corrected chi connectivity index (χ1v) is 10.5. The lowest BCUT2D eigenvalue weighted by Gasteiger charge is -2.13. The summed E-state index contributed by atoms with van der Waals surface area (Å²) in [6.07, 6.45) is 7.93. The Morgan fingerprint density at radius 2 is 1.76 bits per heavy atom. The predicted molar refractivity (Wildman–Crippen MR) is 134 cm³/mol. The molecule has 4 aromatic heterocycles. The summed E-state index contributed by atoms with van der Waals surface area (Å²) in [6.45, 7) is 0. The number of fused-ring (bicyclic) bond motifs is 2. The summed E-state index contributed by atoms with van der Waals surface area (Å²) in [5.74, 6) is 0.0231. The minimum atomic E-state index is -0.376. The average Bonchev–Trinajstić information content (AvgIpc) is 2.86. The van der Waals surface area contributed by atoms with Crippen LogP contribution < -0.4 is 11.1 Å². The highest BCUT2D eigenvalue weighted by atomic mass is 19.1. The van der Waals surface area contributed by atoms with Crippen molar-refractivity contribution in [1.29, 1.82) is 5.41 Å². The van der Waals surface area contributed by atoms with Crippen molar-refractivity contribution in [1.82, 2.24) is 25.3 Å². The maximum Gasteiger partial charge on any atom is 0.160 e. The lowest BCUT2D eigenvalue weighted by atomic mass is 9.98. The second-order valence-corrected chi connectivity index (χ2v) is 7.61. The zero-order valence-corrected chi connectivity index (χ0v) is 18.2. The van der Waals surface area contributed by atoms with Crippen LogP contribution in [-0.2, 0) is 0 Å². The summed E-state index contributed by atoms with van der Waals surface area (Å²) in [5, 5.41) is 13.0. The molecule has 5 rings (SSSR count). The van der Waals surface area contributed by atoms with E-state index in [9.17, 15) is 4.39 Å². The van der Waals surface area contributed by atoms with Gasteiger partial charge < -0.3 is 16.5 Å². The monoisotopic (exact) mass is 449 g/mol. The SMILES string of the molecule is CN/C=C(\C=N)c1cnc2nc(-c3ccccc3F)cc(-c3nccc4c(N)nccc34)c2c1. The van der Waals surface area contributed by atoms with Gasteiger partial charge in [-0.2, -0.15) is 0 Å². The molecule has 0 bridgehead atoms. The number of nitrogen functional groups attached to an aromatic ring is 1. The molecule has 0 fully saturated rings. The van der Waals surface area contributed by atoms with Crippen LogP contribution in [-0.4, -0.2) is 33.2 Å². The summed E-state index contributed by atoms with van der Waals surface area (Å²) in [7, 11) is 1.77. The summed E-state index contributed by atoms with van der Waals surface area (Å²) < 4.78 is 14.7. The first-order valence-electron chi connectivity index (χ1n) is 10.5. The third-order valence-corrected chi connectivity index (χ3v) is 5.58. The highest BCUT2D eigenvalue weighted by Gasteiger charge is 2.17. The number of anilines is 1. The van der Waals surface area contributed by atoms with E-state index in [1.165, 1.54) is 12.3 Å². The van der Waals surface area contributed by atoms with Crippen molar-refractivity contribution in [2.45, 2.75) is 0 Å². The third kappa shape index (κ3) is 3.61. The zero-order valence-electron chi connectivity index (χ0n) is 18.2. The number of pyridine rings is 4. The number of nitrogens with two attached hydrogens (primary N) is 1. The Morgan fingerprint density at radius 1 is 0.971 bits per heavy atom. The Bertz CT molecular complexity index is 1590. The quantitative estimate of drug-likeness (QED) is 0.331. The van der Waals surface area contributed by atoms with Gasteiger partial charge in [-0.25, -0.2) is 19.3 Å². The average molecular weight is 449 g/mol. The molecule has 4 heterocycles. The lowest BCUT2D eigenvalue weighted by molar-refractivity contribution is 0.631. The van der Waals surface area contributed by atoms with Crippen LogP contribution in [0.4, 0.5) is 10.2 Å². The van der Waals surface area contributed by atoms with Gasteiger partial charge in [-0.1, -0.05) is 12.1 Å². The standard InChI is InChI=1S/C26H20FN7/c1-30-13-16(12-28)15-10-21-20(24-17-6-9-32-25(29)18(17)7-8-31-24)11-23(34-26(21)33-14-15)19-4-2-3-5-22(19)27/h2-14,28,30H,1H3,(H2,29,32)/b16-13+,28-12?. The molecular weight excluding hydrogens is 429 g/mol. The predicted octanol–water partition coefficient (Wildman–Crippen LogP) is 4.84. The molecule has 0 saturated carbocycles. The van der Waals surface area contributed by atoms with Gasteiger partial charge in [0.15, 0.2) is 5.65 Å². The highest BCUT2D eigenvalue weighted by Crippen LogP contribution is 2.36. The van der Waals surface area contributed by atoms with Gasteiger partial charge >= 0.3 is 0 Å². The van der Waals surface area contributed by atoms with Crippen LogP contribution in [0.3, 0.4) is 0 Å². The highest BCUT2D eigenvalue weighted by molar-refractivity contribution is 6.10. The smallest absolute Gasteiger partial charge is 0.160 e. The first-order chi connectivity index (χ1) is 16.6. The molecule has 0 amide bonds. The first kappa shape index (κ1) is 21.1. The van der Waals surface area contributed by atoms with E-state index in [-0.39, 0.29) is 5.82 Å². The number of hydrogen-bond donors (Lipinski definition) is 3. The van der Waals surface area contributed by atoms with E-state index in [1.807, 2.05) is 24.3 Å². The van der Waals surface area contributed by atoms with E-state index in [0.717, 1.165) is 27.3 Å². The number of allylic oxidation sites excluding steroid dienone is 1. The number of aromatic nitrogens is 4. The zero-order chi connectivity index (χ0) is 23.7. The minimum absolute atomic E-state index is 0.369. The Morgan fingerprint density at radius 3 is 2.56 bits per heavy atom. The Hall–Kier alpha value is -4.72. The lowest BCUT2D eigenvalue weighted by Crippen LogP contribution is -2.00. The molecule has 0 radical (unpaired) electrons. The summed E-state index contributed by atoms with van der Waals surface area (Å²) in [5.41, 5.74) is 10.1. The van der Waals surface area contributed by atoms with E-state index in [0.29, 0.717) is 34.0 Å². The molecule has 0 aliphatic carbocycles. The van der Waals surface area contributed by atoms with Crippen molar-refractivity contribution in [2.24, 2.45) is 0 Å². The molecule has 8 heteroatoms. The fraction of sp³-hybridized carbons (Fsp3) is 0.0385. The maximum atomic E-state index is 14.7. The fourth-order valence-electron chi connectivity index (χ4n) is 3.97. The Kier molecular flexibility index (Phi) is 5.39. The second-order valence-electron chi connectivity index (χ2n) is 7.61. The summed E-state index contributed by atoms with van der Waals surface area (Å²) in [4.78, 5) is 18.1. The molecule has 5 aromatic rings. The molecule has 0 unspecified atom stereocenters. The van der Waals surface area contributed by atoms with Crippen LogP contribution in [0.2, 0.25) is 0 Å². The number of hydrogen-bond acceptors (Lipinski definition) is 7. The normalized spacial score (nSPS) is 11.6. The largest absolute Gasteiger partial charge is 0.393 e. The number of benzene rings is 1. The van der Waals surface area contributed by atoms with Crippen LogP contribution in [0.15, 0.2) is 73.3 Å². The molecular formula is C26H20FN7. The number of nitrogens with one attached hydrogen (secondary N) is 2. The molecule has 0 saturated heterocycles. The van der Waals surface area contributed by atoms with Gasteiger partial charge in [0.2, 0.25) is 0 Å². The molecule has 0 aliphatic heterocycles. The van der Waals surface area contributed by atoms with Gasteiger partial charge in [-0.3, -0.25) is 4.98 Å². The fourth-order valence-corrected chi connectivity index (χ4v) is 3.97. The van der Waals surface area contributed by atoms with Gasteiger partial charge in [0.1, 0.15) is 11.6 Å². The Labute approximate surface area is 194 Å². The van der Waals surface area contributed by atoms with E-state index < -0.39 is 0 Å². The summed E-state index contributed by atoms with van der Waals surface area (Å²) >= 11 is 0. The van der Waals surface area contributed by atoms with Gasteiger partial charge in [0.05, 0.1) is 11.4 Å². The molecule has 34 heavy (non-hydrogen) atoms. The van der Waals surface area contributed by atoms with E-state index in [4.69, 9.17) is 11.1 Å². The van der Waals surface area contributed by atoms with Crippen molar-refractivity contribution in [3.05, 3.63) is 84.7 Å². The van der Waals surface area contributed by atoms with Gasteiger partial charge in [-0.05, 0) is 36.4 Å². The van der Waals surface area contributed by atoms with Crippen molar-refractivity contribution >= 4 is 39.4 Å². The van der Waals surface area contributed by atoms with E-state index in [1.54, 1.807) is 50.0 Å². The summed E-state index contributed by atoms with van der Waals surface area (Å²) in [6, 6.07) is 13.9. The van der Waals surface area contributed by atoms with Crippen molar-refractivity contribution < 1.29 is 4.39 Å². The third-order valence-electron chi connectivity index (χ3n) is 5.58. The van der Waals surface area contributed by atoms with Gasteiger partial charge in [-0.15, -0.1) is 0 Å². The number of halogens is 1. The molecule has 0 aliphatic rings. The molecule has 7 nitrogen and oxygen atoms in total. The minimum Gasteiger partial charge on any atom is -0.393 e. The van der Waals surface area contributed by atoms with Crippen molar-refractivity contribution in [3.63, 3.8) is 0 Å². The van der Waals surface area contributed by atoms with Crippen molar-refractivity contribution in [2.75, 3.05) is 12.8 Å². The molecule has 166 valence electrons. The van der Waals surface area contributed by atoms with Crippen LogP contribution in [0.25, 0.3) is 49.9 Å². The topological polar surface area (TPSA) is 113 Å². The van der Waals surface area contributed by atoms with Crippen molar-refractivity contribution in [3.8, 4) is 22.5 Å². The van der Waals surface area contributed by atoms with E-state index >= 15 is 0 Å². The van der Waals surface area contributed by atoms with Crippen LogP contribution in [0.5, 0.6) is 0 Å². The molecule has 0 atom stereocenters. The molecule has 1 aromatic carbocycles. The second kappa shape index (κ2) is 8.67. The van der Waals surface area contributed by atoms with Gasteiger partial charge in [0.25, 0.3) is 0 Å². The molecule has 4 N–H and O–H groups in total. The number of nitrogens with zero attached hydrogens (tertiary/aromatic N) is 4. The van der Waals surface area contributed by atoms with Crippen LogP contribution >= 0.6 is 0 Å².